The third kappa shape index (κ3) is 5.33. The van der Waals surface area contributed by atoms with Crippen molar-refractivity contribution in [2.24, 2.45) is 10.4 Å². The zero-order valence-corrected chi connectivity index (χ0v) is 22.1. The molecule has 9 nitrogen and oxygen atoms in total. The number of benzene rings is 1. The lowest BCUT2D eigenvalue weighted by molar-refractivity contribution is -0.156. The molecule has 0 saturated carbocycles. The Balaban J connectivity index is 1.62. The van der Waals surface area contributed by atoms with Gasteiger partial charge in [-0.2, -0.15) is 0 Å². The molecule has 0 unspecified atom stereocenters. The number of aromatic nitrogens is 3. The number of hydrogen-bond acceptors (Lipinski definition) is 8. The second-order valence-electron chi connectivity index (χ2n) is 9.01. The van der Waals surface area contributed by atoms with Gasteiger partial charge in [-0.1, -0.05) is 22.0 Å². The van der Waals surface area contributed by atoms with Gasteiger partial charge in [0.2, 0.25) is 0 Å². The molecular weight excluding hydrogens is 528 g/mol. The SMILES string of the molecule is COC(=O)OCC(C)(C)C(=O)OCC[C@@H]1N=C(c2ccccn2)c2cc(Br)ccc2-n2c(C)cnc21. The van der Waals surface area contributed by atoms with Crippen molar-refractivity contribution in [1.29, 1.82) is 0 Å². The number of esters is 1. The van der Waals surface area contributed by atoms with Crippen molar-refractivity contribution in [2.45, 2.75) is 33.2 Å². The highest BCUT2D eigenvalue weighted by Gasteiger charge is 2.33. The van der Waals surface area contributed by atoms with Crippen LogP contribution in [-0.4, -0.2) is 52.7 Å². The lowest BCUT2D eigenvalue weighted by atomic mass is 9.95. The molecule has 10 heteroatoms. The minimum atomic E-state index is -1.03. The Morgan fingerprint density at radius 1 is 1.14 bits per heavy atom. The van der Waals surface area contributed by atoms with Crippen molar-refractivity contribution in [1.82, 2.24) is 14.5 Å². The molecule has 0 amide bonds. The topological polar surface area (TPSA) is 105 Å². The number of aryl methyl sites for hydroxylation is 1. The Hall–Kier alpha value is -3.53. The van der Waals surface area contributed by atoms with Crippen molar-refractivity contribution in [3.8, 4) is 5.69 Å². The van der Waals surface area contributed by atoms with Crippen LogP contribution in [0.15, 0.2) is 58.3 Å². The van der Waals surface area contributed by atoms with Gasteiger partial charge >= 0.3 is 12.1 Å². The summed E-state index contributed by atoms with van der Waals surface area (Å²) in [5.74, 6) is 0.270. The van der Waals surface area contributed by atoms with Gasteiger partial charge in [0, 0.05) is 34.5 Å². The summed E-state index contributed by atoms with van der Waals surface area (Å²) in [5, 5.41) is 0. The fourth-order valence-corrected chi connectivity index (χ4v) is 4.26. The Morgan fingerprint density at radius 2 is 1.94 bits per heavy atom. The van der Waals surface area contributed by atoms with Crippen LogP contribution in [0.25, 0.3) is 5.69 Å². The molecular formula is C26H27BrN4O5. The van der Waals surface area contributed by atoms with Crippen LogP contribution >= 0.6 is 15.9 Å². The number of methoxy groups -OCH3 is 1. The first kappa shape index (κ1) is 25.6. The lowest BCUT2D eigenvalue weighted by Crippen LogP contribution is -2.33. The first-order chi connectivity index (χ1) is 17.2. The second kappa shape index (κ2) is 10.6. The van der Waals surface area contributed by atoms with E-state index in [1.54, 1.807) is 20.0 Å². The maximum Gasteiger partial charge on any atom is 0.508 e. The summed E-state index contributed by atoms with van der Waals surface area (Å²) in [5.41, 5.74) is 3.29. The zero-order chi connectivity index (χ0) is 25.9. The van der Waals surface area contributed by atoms with Crippen molar-refractivity contribution in [3.05, 3.63) is 76.0 Å². The highest BCUT2D eigenvalue weighted by Crippen LogP contribution is 2.34. The number of imidazole rings is 1. The summed E-state index contributed by atoms with van der Waals surface area (Å²) in [4.78, 5) is 38.3. The molecule has 0 radical (unpaired) electrons. The normalized spacial score (nSPS) is 14.7. The van der Waals surface area contributed by atoms with Crippen LogP contribution in [0.3, 0.4) is 0 Å². The first-order valence-electron chi connectivity index (χ1n) is 11.4. The highest BCUT2D eigenvalue weighted by atomic mass is 79.9. The molecule has 0 fully saturated rings. The predicted octanol–water partition coefficient (Wildman–Crippen LogP) is 4.97. The van der Waals surface area contributed by atoms with E-state index in [4.69, 9.17) is 14.5 Å². The van der Waals surface area contributed by atoms with Gasteiger partial charge in [-0.3, -0.25) is 19.3 Å². The number of halogens is 1. The predicted molar refractivity (Wildman–Crippen MR) is 136 cm³/mol. The minimum absolute atomic E-state index is 0.107. The van der Waals surface area contributed by atoms with E-state index in [0.29, 0.717) is 6.42 Å². The number of nitrogens with zero attached hydrogens (tertiary/aromatic N) is 4. The number of ether oxygens (including phenoxy) is 3. The molecule has 0 spiro atoms. The maximum atomic E-state index is 12.7. The smallest absolute Gasteiger partial charge is 0.465 e. The average molecular weight is 555 g/mol. The number of hydrogen-bond donors (Lipinski definition) is 0. The molecule has 36 heavy (non-hydrogen) atoms. The van der Waals surface area contributed by atoms with Gasteiger partial charge in [-0.05, 0) is 51.1 Å². The van der Waals surface area contributed by atoms with Crippen molar-refractivity contribution >= 4 is 33.8 Å². The van der Waals surface area contributed by atoms with Crippen LogP contribution in [0.4, 0.5) is 4.79 Å². The van der Waals surface area contributed by atoms with Crippen LogP contribution in [0.2, 0.25) is 0 Å². The fraction of sp³-hybridized carbons (Fsp3) is 0.346. The van der Waals surface area contributed by atoms with Gasteiger partial charge < -0.3 is 14.2 Å². The third-order valence-electron chi connectivity index (χ3n) is 5.81. The molecule has 188 valence electrons. The van der Waals surface area contributed by atoms with E-state index in [-0.39, 0.29) is 19.3 Å². The zero-order valence-electron chi connectivity index (χ0n) is 20.5. The number of fused-ring (bicyclic) bond motifs is 3. The van der Waals surface area contributed by atoms with E-state index in [0.717, 1.165) is 38.6 Å². The number of carbonyl (C=O) groups is 2. The summed E-state index contributed by atoms with van der Waals surface area (Å²) >= 11 is 3.59. The van der Waals surface area contributed by atoms with Crippen molar-refractivity contribution in [3.63, 3.8) is 0 Å². The molecule has 3 aromatic rings. The highest BCUT2D eigenvalue weighted by molar-refractivity contribution is 9.10. The number of aliphatic imine (C=N–C) groups is 1. The monoisotopic (exact) mass is 554 g/mol. The van der Waals surface area contributed by atoms with E-state index in [1.807, 2.05) is 49.5 Å². The van der Waals surface area contributed by atoms with Crippen LogP contribution in [-0.2, 0) is 19.0 Å². The summed E-state index contributed by atoms with van der Waals surface area (Å²) in [7, 11) is 1.21. The van der Waals surface area contributed by atoms with E-state index < -0.39 is 17.5 Å². The van der Waals surface area contributed by atoms with Crippen molar-refractivity contribution in [2.75, 3.05) is 20.3 Å². The molecule has 2 aromatic heterocycles. The summed E-state index contributed by atoms with van der Waals surface area (Å²) in [6.07, 6.45) is 3.11. The van der Waals surface area contributed by atoms with Crippen LogP contribution in [0.1, 0.15) is 49.1 Å². The van der Waals surface area contributed by atoms with E-state index in [2.05, 4.69) is 35.2 Å². The van der Waals surface area contributed by atoms with Gasteiger partial charge in [0.25, 0.3) is 0 Å². The minimum Gasteiger partial charge on any atom is -0.465 e. The molecule has 4 rings (SSSR count). The molecule has 0 N–H and O–H groups in total. The van der Waals surface area contributed by atoms with Gasteiger partial charge in [-0.25, -0.2) is 9.78 Å². The summed E-state index contributed by atoms with van der Waals surface area (Å²) in [6, 6.07) is 11.4. The van der Waals surface area contributed by atoms with E-state index in [9.17, 15) is 9.59 Å². The molecule has 1 aliphatic rings. The molecule has 0 saturated heterocycles. The van der Waals surface area contributed by atoms with Crippen LogP contribution < -0.4 is 0 Å². The van der Waals surface area contributed by atoms with Gasteiger partial charge in [-0.15, -0.1) is 0 Å². The van der Waals surface area contributed by atoms with Gasteiger partial charge in [0.1, 0.15) is 18.5 Å². The Kier molecular flexibility index (Phi) is 7.53. The van der Waals surface area contributed by atoms with Crippen LogP contribution in [0.5, 0.6) is 0 Å². The molecule has 1 aromatic carbocycles. The Labute approximate surface area is 217 Å². The Bertz CT molecular complexity index is 1300. The maximum absolute atomic E-state index is 12.7. The first-order valence-corrected chi connectivity index (χ1v) is 12.2. The molecule has 3 heterocycles. The quantitative estimate of drug-likeness (QED) is 0.379. The van der Waals surface area contributed by atoms with Gasteiger partial charge in [0.05, 0.1) is 36.2 Å². The Morgan fingerprint density at radius 3 is 2.67 bits per heavy atom. The lowest BCUT2D eigenvalue weighted by Gasteiger charge is -2.22. The number of carbonyl (C=O) groups excluding carboxylic acids is 2. The summed E-state index contributed by atoms with van der Waals surface area (Å²) in [6.45, 7) is 5.24. The number of rotatable bonds is 7. The molecule has 1 aliphatic heterocycles. The fourth-order valence-electron chi connectivity index (χ4n) is 3.90. The largest absolute Gasteiger partial charge is 0.508 e. The van der Waals surface area contributed by atoms with E-state index in [1.165, 1.54) is 7.11 Å². The average Bonchev–Trinajstić information content (AvgIpc) is 3.19. The molecule has 0 bridgehead atoms. The molecule has 1 atom stereocenters. The van der Waals surface area contributed by atoms with Crippen molar-refractivity contribution < 1.29 is 23.8 Å². The van der Waals surface area contributed by atoms with E-state index >= 15 is 0 Å². The third-order valence-corrected chi connectivity index (χ3v) is 6.30. The molecule has 0 aliphatic carbocycles. The van der Waals surface area contributed by atoms with Gasteiger partial charge in [0.15, 0.2) is 0 Å². The van der Waals surface area contributed by atoms with Crippen LogP contribution in [0, 0.1) is 12.3 Å². The standard InChI is InChI=1S/C26H27BrN4O5/c1-16-14-29-23-20(10-12-35-24(32)26(2,3)15-36-25(33)34-4)30-22(19-7-5-6-11-28-19)18-13-17(27)8-9-21(18)31(16)23/h5-9,11,13-14,20H,10,12,15H2,1-4H3/t20-/m0/s1. The summed E-state index contributed by atoms with van der Waals surface area (Å²) < 4.78 is 18.0. The number of pyridine rings is 1. The second-order valence-corrected chi connectivity index (χ2v) is 9.93.